The second-order valence-corrected chi connectivity index (χ2v) is 1.47. The number of nitrogens with one attached hydrogen (secondary N) is 2. The summed E-state index contributed by atoms with van der Waals surface area (Å²) in [6.07, 6.45) is 1.12. The Hall–Kier alpha value is -0.990. The van der Waals surface area contributed by atoms with Gasteiger partial charge in [0.2, 0.25) is 0 Å². The number of nitrogens with two attached hydrogens (primary N) is 1. The van der Waals surface area contributed by atoms with Crippen LogP contribution in [0.3, 0.4) is 0 Å². The van der Waals surface area contributed by atoms with Crippen LogP contribution in [0.2, 0.25) is 0 Å². The zero-order valence-electron chi connectivity index (χ0n) is 5.15. The van der Waals surface area contributed by atoms with Crippen LogP contribution in [0.1, 0.15) is 6.92 Å². The minimum absolute atomic E-state index is 0.479. The molecule has 0 heterocycles. The molecule has 3 heteroatoms. The fraction of sp³-hybridized carbons (Fsp3) is 0.400. The van der Waals surface area contributed by atoms with Gasteiger partial charge in [-0.15, -0.1) is 0 Å². The Morgan fingerprint density at radius 2 is 2.25 bits per heavy atom. The number of hydrogen-bond donors (Lipinski definition) is 3. The molecule has 0 unspecified atom stereocenters. The van der Waals surface area contributed by atoms with Gasteiger partial charge >= 0.3 is 0 Å². The molecule has 3 nitrogen and oxygen atoms in total. The standard InChI is InChI=1S/C5H11N3/c1-4(8-2)5(7)3-6/h3,6,8H,7H2,1-2H3/b5-4+,6-3?. The summed E-state index contributed by atoms with van der Waals surface area (Å²) < 4.78 is 0. The molecule has 0 saturated heterocycles. The molecule has 0 aliphatic rings. The van der Waals surface area contributed by atoms with E-state index in [2.05, 4.69) is 5.32 Å². The maximum Gasteiger partial charge on any atom is 0.0682 e. The first-order valence-electron chi connectivity index (χ1n) is 2.37. The van der Waals surface area contributed by atoms with Crippen LogP contribution in [0.25, 0.3) is 0 Å². The SMILES string of the molecule is CN/C(C)=C(/N)C=N. The van der Waals surface area contributed by atoms with E-state index in [4.69, 9.17) is 11.1 Å². The van der Waals surface area contributed by atoms with Gasteiger partial charge in [-0.25, -0.2) is 0 Å². The lowest BCUT2D eigenvalue weighted by Gasteiger charge is -1.98. The third kappa shape index (κ3) is 1.64. The second-order valence-electron chi connectivity index (χ2n) is 1.47. The monoisotopic (exact) mass is 113 g/mol. The number of hydrogen-bond acceptors (Lipinski definition) is 3. The van der Waals surface area contributed by atoms with Crippen LogP contribution >= 0.6 is 0 Å². The first-order chi connectivity index (χ1) is 3.72. The maximum atomic E-state index is 6.69. The average Bonchev–Trinajstić information content (AvgIpc) is 1.84. The molecule has 0 aromatic rings. The summed E-state index contributed by atoms with van der Waals surface area (Å²) in [6, 6.07) is 0. The van der Waals surface area contributed by atoms with Crippen molar-refractivity contribution in [2.24, 2.45) is 5.73 Å². The first-order valence-corrected chi connectivity index (χ1v) is 2.37. The summed E-state index contributed by atoms with van der Waals surface area (Å²) in [5.74, 6) is 0. The van der Waals surface area contributed by atoms with Crippen LogP contribution < -0.4 is 11.1 Å². The molecule has 4 N–H and O–H groups in total. The van der Waals surface area contributed by atoms with E-state index in [1.165, 1.54) is 0 Å². The summed E-state index contributed by atoms with van der Waals surface area (Å²) in [4.78, 5) is 0. The smallest absolute Gasteiger partial charge is 0.0682 e. The van der Waals surface area contributed by atoms with Gasteiger partial charge < -0.3 is 16.5 Å². The van der Waals surface area contributed by atoms with Crippen molar-refractivity contribution < 1.29 is 0 Å². The van der Waals surface area contributed by atoms with Gasteiger partial charge in [-0.1, -0.05) is 0 Å². The Morgan fingerprint density at radius 3 is 2.38 bits per heavy atom. The van der Waals surface area contributed by atoms with Gasteiger partial charge in [-0.05, 0) is 6.92 Å². The van der Waals surface area contributed by atoms with Crippen LogP contribution in [0.5, 0.6) is 0 Å². The van der Waals surface area contributed by atoms with E-state index in [9.17, 15) is 0 Å². The Labute approximate surface area is 49.1 Å². The lowest BCUT2D eigenvalue weighted by Crippen LogP contribution is -2.11. The molecule has 0 fully saturated rings. The average molecular weight is 113 g/mol. The third-order valence-corrected chi connectivity index (χ3v) is 0.964. The van der Waals surface area contributed by atoms with Crippen molar-refractivity contribution in [3.05, 3.63) is 11.4 Å². The molecule has 0 rings (SSSR count). The predicted octanol–water partition coefficient (Wildman–Crippen LogP) is 0.0456. The van der Waals surface area contributed by atoms with E-state index < -0.39 is 0 Å². The number of rotatable bonds is 2. The normalized spacial score (nSPS) is 12.2. The lowest BCUT2D eigenvalue weighted by atomic mass is 10.4. The lowest BCUT2D eigenvalue weighted by molar-refractivity contribution is 0.970. The van der Waals surface area contributed by atoms with Crippen LogP contribution in [0.15, 0.2) is 11.4 Å². The molecule has 0 bridgehead atoms. The van der Waals surface area contributed by atoms with Gasteiger partial charge in [0, 0.05) is 19.0 Å². The minimum atomic E-state index is 0.479. The zero-order chi connectivity index (χ0) is 6.57. The van der Waals surface area contributed by atoms with Gasteiger partial charge in [0.25, 0.3) is 0 Å². The molecule has 0 amide bonds. The van der Waals surface area contributed by atoms with Crippen molar-refractivity contribution in [2.45, 2.75) is 6.92 Å². The second kappa shape index (κ2) is 3.07. The predicted molar refractivity (Wildman–Crippen MR) is 34.7 cm³/mol. The highest BCUT2D eigenvalue weighted by Crippen LogP contribution is 1.85. The summed E-state index contributed by atoms with van der Waals surface area (Å²) >= 11 is 0. The molecule has 0 spiro atoms. The molecule has 0 aliphatic heterocycles. The highest BCUT2D eigenvalue weighted by molar-refractivity contribution is 5.75. The summed E-state index contributed by atoms with van der Waals surface area (Å²) in [5.41, 5.74) is 6.61. The molecule has 0 saturated carbocycles. The van der Waals surface area contributed by atoms with Crippen LogP contribution in [-0.4, -0.2) is 13.3 Å². The Morgan fingerprint density at radius 1 is 1.75 bits per heavy atom. The summed E-state index contributed by atoms with van der Waals surface area (Å²) in [7, 11) is 1.77. The van der Waals surface area contributed by atoms with E-state index in [1.54, 1.807) is 7.05 Å². The van der Waals surface area contributed by atoms with E-state index >= 15 is 0 Å². The summed E-state index contributed by atoms with van der Waals surface area (Å²) in [6.45, 7) is 1.82. The van der Waals surface area contributed by atoms with Crippen molar-refractivity contribution in [2.75, 3.05) is 7.05 Å². The molecule has 0 aromatic heterocycles. The zero-order valence-corrected chi connectivity index (χ0v) is 5.15. The molecule has 0 aliphatic carbocycles. The largest absolute Gasteiger partial charge is 0.396 e. The van der Waals surface area contributed by atoms with Crippen molar-refractivity contribution in [1.82, 2.24) is 5.32 Å². The van der Waals surface area contributed by atoms with Crippen LogP contribution in [0.4, 0.5) is 0 Å². The van der Waals surface area contributed by atoms with Gasteiger partial charge in [-0.2, -0.15) is 0 Å². The Kier molecular flexibility index (Phi) is 2.69. The van der Waals surface area contributed by atoms with Gasteiger partial charge in [0.1, 0.15) is 0 Å². The Bertz CT molecular complexity index is 115. The molecule has 0 aromatic carbocycles. The van der Waals surface area contributed by atoms with Crippen molar-refractivity contribution >= 4 is 6.21 Å². The molecule has 0 radical (unpaired) electrons. The fourth-order valence-corrected chi connectivity index (χ4v) is 0.253. The third-order valence-electron chi connectivity index (χ3n) is 0.964. The van der Waals surface area contributed by atoms with E-state index in [0.717, 1.165) is 11.9 Å². The highest BCUT2D eigenvalue weighted by atomic mass is 14.8. The van der Waals surface area contributed by atoms with Gasteiger partial charge in [-0.3, -0.25) is 0 Å². The molecule has 46 valence electrons. The first kappa shape index (κ1) is 7.01. The number of allylic oxidation sites excluding steroid dienone is 2. The molecule has 0 atom stereocenters. The molecular formula is C5H11N3. The van der Waals surface area contributed by atoms with E-state index in [0.29, 0.717) is 5.70 Å². The van der Waals surface area contributed by atoms with Crippen LogP contribution in [-0.2, 0) is 0 Å². The van der Waals surface area contributed by atoms with Crippen LogP contribution in [0, 0.1) is 5.41 Å². The molecular weight excluding hydrogens is 102 g/mol. The topological polar surface area (TPSA) is 61.9 Å². The van der Waals surface area contributed by atoms with Gasteiger partial charge in [0.05, 0.1) is 5.70 Å². The quantitative estimate of drug-likeness (QED) is 0.443. The van der Waals surface area contributed by atoms with E-state index in [1.807, 2.05) is 6.92 Å². The Balaban J connectivity index is 4.03. The highest BCUT2D eigenvalue weighted by Gasteiger charge is 1.86. The van der Waals surface area contributed by atoms with Crippen molar-refractivity contribution in [3.63, 3.8) is 0 Å². The van der Waals surface area contributed by atoms with Crippen molar-refractivity contribution in [1.29, 1.82) is 5.41 Å². The van der Waals surface area contributed by atoms with Gasteiger partial charge in [0.15, 0.2) is 0 Å². The minimum Gasteiger partial charge on any atom is -0.396 e. The summed E-state index contributed by atoms with van der Waals surface area (Å²) in [5, 5.41) is 9.51. The van der Waals surface area contributed by atoms with E-state index in [-0.39, 0.29) is 0 Å². The maximum absolute atomic E-state index is 6.69. The fourth-order valence-electron chi connectivity index (χ4n) is 0.253. The van der Waals surface area contributed by atoms with Crippen molar-refractivity contribution in [3.8, 4) is 0 Å². The molecule has 8 heavy (non-hydrogen) atoms.